The Labute approximate surface area is 107 Å². The number of carbonyl (C=O) groups excluding carboxylic acids is 1. The van der Waals surface area contributed by atoms with Crippen molar-refractivity contribution in [2.75, 3.05) is 0 Å². The first kappa shape index (κ1) is 14.6. The normalized spacial score (nSPS) is 11.7. The molecule has 1 unspecified atom stereocenters. The number of carboxylic acid groups (broad SMARTS) is 1. The van der Waals surface area contributed by atoms with Gasteiger partial charge in [0, 0.05) is 12.1 Å². The molecule has 0 saturated heterocycles. The summed E-state index contributed by atoms with van der Waals surface area (Å²) in [5.74, 6) is -2.80. The molecule has 0 aromatic heterocycles. The van der Waals surface area contributed by atoms with Crippen molar-refractivity contribution in [3.63, 3.8) is 0 Å². The summed E-state index contributed by atoms with van der Waals surface area (Å²) >= 11 is 0. The van der Waals surface area contributed by atoms with Crippen molar-refractivity contribution in [2.24, 2.45) is 0 Å². The third kappa shape index (κ3) is 4.02. The van der Waals surface area contributed by atoms with Gasteiger partial charge < -0.3 is 10.4 Å². The van der Waals surface area contributed by atoms with E-state index in [2.05, 4.69) is 5.32 Å². The molecule has 8 heteroatoms. The Morgan fingerprint density at radius 3 is 2.68 bits per heavy atom. The lowest BCUT2D eigenvalue weighted by atomic mass is 10.1. The van der Waals surface area contributed by atoms with Gasteiger partial charge in [-0.25, -0.2) is 4.39 Å². The number of amides is 1. The molecule has 1 amide bonds. The number of nitrogens with zero attached hydrogens (tertiary/aromatic N) is 1. The predicted molar refractivity (Wildman–Crippen MR) is 62.2 cm³/mol. The van der Waals surface area contributed by atoms with Gasteiger partial charge >= 0.3 is 5.97 Å². The van der Waals surface area contributed by atoms with Crippen molar-refractivity contribution in [1.29, 1.82) is 0 Å². The molecular formula is C11H11FN2O5. The maximum atomic E-state index is 13.0. The van der Waals surface area contributed by atoms with Crippen LogP contribution in [0.2, 0.25) is 0 Å². The van der Waals surface area contributed by atoms with Crippen LogP contribution in [0.5, 0.6) is 0 Å². The molecule has 0 aliphatic carbocycles. The van der Waals surface area contributed by atoms with Crippen LogP contribution in [0.25, 0.3) is 0 Å². The molecule has 102 valence electrons. The number of nitrogens with one attached hydrogen (secondary N) is 1. The maximum Gasteiger partial charge on any atom is 0.305 e. The molecule has 0 heterocycles. The second-order valence-corrected chi connectivity index (χ2v) is 3.89. The molecule has 0 fully saturated rings. The molecule has 19 heavy (non-hydrogen) atoms. The Hall–Kier alpha value is -2.51. The second kappa shape index (κ2) is 5.89. The summed E-state index contributed by atoms with van der Waals surface area (Å²) in [5.41, 5.74) is -0.983. The SMILES string of the molecule is CC(CC(=O)O)NC(=O)c1cc(F)ccc1[N+](=O)[O-]. The summed E-state index contributed by atoms with van der Waals surface area (Å²) in [6, 6.07) is 1.76. The van der Waals surface area contributed by atoms with Crippen LogP contribution in [0.15, 0.2) is 18.2 Å². The smallest absolute Gasteiger partial charge is 0.305 e. The van der Waals surface area contributed by atoms with Gasteiger partial charge in [-0.15, -0.1) is 0 Å². The number of rotatable bonds is 5. The molecule has 1 aromatic rings. The first-order chi connectivity index (χ1) is 8.81. The standard InChI is InChI=1S/C11H11FN2O5/c1-6(4-10(15)16)13-11(17)8-5-7(12)2-3-9(8)14(18)19/h2-3,5-6H,4H2,1H3,(H,13,17)(H,15,16). The van der Waals surface area contributed by atoms with Gasteiger partial charge in [0.25, 0.3) is 11.6 Å². The van der Waals surface area contributed by atoms with Crippen LogP contribution in [-0.2, 0) is 4.79 Å². The van der Waals surface area contributed by atoms with Crippen LogP contribution < -0.4 is 5.32 Å². The van der Waals surface area contributed by atoms with Crippen molar-refractivity contribution in [2.45, 2.75) is 19.4 Å². The number of carbonyl (C=O) groups is 2. The van der Waals surface area contributed by atoms with Gasteiger partial charge in [-0.3, -0.25) is 19.7 Å². The predicted octanol–water partition coefficient (Wildman–Crippen LogP) is 1.33. The monoisotopic (exact) mass is 270 g/mol. The molecule has 0 radical (unpaired) electrons. The van der Waals surface area contributed by atoms with Gasteiger partial charge in [0.15, 0.2) is 0 Å². The van der Waals surface area contributed by atoms with Gasteiger partial charge in [0.1, 0.15) is 11.4 Å². The third-order valence-corrected chi connectivity index (χ3v) is 2.26. The van der Waals surface area contributed by atoms with E-state index in [0.717, 1.165) is 18.2 Å². The van der Waals surface area contributed by atoms with Crippen molar-refractivity contribution in [3.05, 3.63) is 39.7 Å². The van der Waals surface area contributed by atoms with E-state index >= 15 is 0 Å². The topological polar surface area (TPSA) is 110 Å². The zero-order chi connectivity index (χ0) is 14.6. The van der Waals surface area contributed by atoms with Crippen LogP contribution in [-0.4, -0.2) is 27.9 Å². The van der Waals surface area contributed by atoms with Crippen LogP contribution in [0.1, 0.15) is 23.7 Å². The Morgan fingerprint density at radius 1 is 1.53 bits per heavy atom. The zero-order valence-corrected chi connectivity index (χ0v) is 9.92. The highest BCUT2D eigenvalue weighted by Gasteiger charge is 2.22. The molecule has 1 atom stereocenters. The van der Waals surface area contributed by atoms with E-state index in [0.29, 0.717) is 0 Å². The van der Waals surface area contributed by atoms with E-state index in [4.69, 9.17) is 5.11 Å². The Bertz CT molecular complexity index is 532. The average Bonchev–Trinajstić information content (AvgIpc) is 2.26. The molecule has 1 aromatic carbocycles. The van der Waals surface area contributed by atoms with Crippen LogP contribution >= 0.6 is 0 Å². The van der Waals surface area contributed by atoms with Gasteiger partial charge in [-0.2, -0.15) is 0 Å². The highest BCUT2D eigenvalue weighted by atomic mass is 19.1. The number of aliphatic carboxylic acids is 1. The Balaban J connectivity index is 2.95. The van der Waals surface area contributed by atoms with E-state index in [9.17, 15) is 24.1 Å². The number of nitro groups is 1. The lowest BCUT2D eigenvalue weighted by Gasteiger charge is -2.11. The largest absolute Gasteiger partial charge is 0.481 e. The second-order valence-electron chi connectivity index (χ2n) is 3.89. The molecular weight excluding hydrogens is 259 g/mol. The quantitative estimate of drug-likeness (QED) is 0.619. The summed E-state index contributed by atoms with van der Waals surface area (Å²) in [7, 11) is 0. The highest BCUT2D eigenvalue weighted by Crippen LogP contribution is 2.19. The lowest BCUT2D eigenvalue weighted by molar-refractivity contribution is -0.385. The minimum Gasteiger partial charge on any atom is -0.481 e. The van der Waals surface area contributed by atoms with Gasteiger partial charge in [-0.1, -0.05) is 0 Å². The number of halogens is 1. The number of benzene rings is 1. The maximum absolute atomic E-state index is 13.0. The first-order valence-electron chi connectivity index (χ1n) is 5.28. The van der Waals surface area contributed by atoms with Crippen molar-refractivity contribution in [1.82, 2.24) is 5.32 Å². The van der Waals surface area contributed by atoms with Gasteiger partial charge in [0.2, 0.25) is 0 Å². The van der Waals surface area contributed by atoms with E-state index in [1.807, 2.05) is 0 Å². The van der Waals surface area contributed by atoms with Gasteiger partial charge in [0.05, 0.1) is 11.3 Å². The van der Waals surface area contributed by atoms with E-state index in [-0.39, 0.29) is 6.42 Å². The summed E-state index contributed by atoms with van der Waals surface area (Å²) in [4.78, 5) is 32.1. The molecule has 0 bridgehead atoms. The average molecular weight is 270 g/mol. The molecule has 1 rings (SSSR count). The fourth-order valence-corrected chi connectivity index (χ4v) is 1.46. The van der Waals surface area contributed by atoms with Crippen LogP contribution in [0, 0.1) is 15.9 Å². The number of carboxylic acids is 1. The number of nitro benzene ring substituents is 1. The zero-order valence-electron chi connectivity index (χ0n) is 9.92. The molecule has 0 spiro atoms. The van der Waals surface area contributed by atoms with Crippen LogP contribution in [0.3, 0.4) is 0 Å². The first-order valence-corrected chi connectivity index (χ1v) is 5.28. The summed E-state index contributed by atoms with van der Waals surface area (Å²) < 4.78 is 13.0. The van der Waals surface area contributed by atoms with Crippen molar-refractivity contribution < 1.29 is 24.0 Å². The molecule has 0 aliphatic rings. The highest BCUT2D eigenvalue weighted by molar-refractivity contribution is 5.98. The van der Waals surface area contributed by atoms with Crippen molar-refractivity contribution in [3.8, 4) is 0 Å². The molecule has 2 N–H and O–H groups in total. The molecule has 0 saturated carbocycles. The van der Waals surface area contributed by atoms with E-state index in [1.165, 1.54) is 6.92 Å². The fraction of sp³-hybridized carbons (Fsp3) is 0.273. The summed E-state index contributed by atoms with van der Waals surface area (Å²) in [5, 5.41) is 21.5. The lowest BCUT2D eigenvalue weighted by Crippen LogP contribution is -2.34. The molecule has 0 aliphatic heterocycles. The number of hydrogen-bond donors (Lipinski definition) is 2. The Kier molecular flexibility index (Phi) is 4.51. The minimum atomic E-state index is -1.12. The van der Waals surface area contributed by atoms with Gasteiger partial charge in [-0.05, 0) is 19.1 Å². The number of hydrogen-bond acceptors (Lipinski definition) is 4. The Morgan fingerprint density at radius 2 is 2.16 bits per heavy atom. The minimum absolute atomic E-state index is 0.338. The summed E-state index contributed by atoms with van der Waals surface area (Å²) in [6.45, 7) is 1.43. The third-order valence-electron chi connectivity index (χ3n) is 2.26. The van der Waals surface area contributed by atoms with E-state index < -0.39 is 39.9 Å². The van der Waals surface area contributed by atoms with Crippen molar-refractivity contribution >= 4 is 17.6 Å². The van der Waals surface area contributed by atoms with Crippen LogP contribution in [0.4, 0.5) is 10.1 Å². The summed E-state index contributed by atoms with van der Waals surface area (Å²) in [6.07, 6.45) is -0.338. The fourth-order valence-electron chi connectivity index (χ4n) is 1.46. The molecule has 7 nitrogen and oxygen atoms in total. The van der Waals surface area contributed by atoms with E-state index in [1.54, 1.807) is 0 Å².